The molecule has 0 spiro atoms. The summed E-state index contributed by atoms with van der Waals surface area (Å²) in [5.41, 5.74) is 2.46. The molecule has 0 saturated heterocycles. The number of anilines is 1. The van der Waals surface area contributed by atoms with E-state index in [4.69, 9.17) is 9.72 Å². The van der Waals surface area contributed by atoms with Crippen molar-refractivity contribution in [3.05, 3.63) is 70.8 Å². The number of fused-ring (bicyclic) bond motifs is 1. The van der Waals surface area contributed by atoms with Gasteiger partial charge in [-0.3, -0.25) is 4.79 Å². The largest absolute Gasteiger partial charge is 0.494 e. The summed E-state index contributed by atoms with van der Waals surface area (Å²) in [6, 6.07) is 15.4. The molecule has 148 valence electrons. The fraction of sp³-hybridized carbons (Fsp3) is 0.227. The standard InChI is InChI=1S/C22H22N4O2S/c1-2-28-17-9-7-16(8-10-17)24-21(27)12-11-20-25-19-6-3-13-23-22(19)26(20)15-18-5-4-14-29-18/h3-10,13-14H,2,11-12,15H2,1H3,(H,24,27). The second-order valence-corrected chi connectivity index (χ2v) is 7.58. The van der Waals surface area contributed by atoms with Crippen molar-refractivity contribution >= 4 is 34.1 Å². The Morgan fingerprint density at radius 2 is 2.03 bits per heavy atom. The summed E-state index contributed by atoms with van der Waals surface area (Å²) >= 11 is 1.70. The first-order valence-corrected chi connectivity index (χ1v) is 10.5. The molecular formula is C22H22N4O2S. The maximum Gasteiger partial charge on any atom is 0.224 e. The minimum absolute atomic E-state index is 0.0446. The van der Waals surface area contributed by atoms with Gasteiger partial charge < -0.3 is 14.6 Å². The number of imidazole rings is 1. The van der Waals surface area contributed by atoms with Crippen molar-refractivity contribution in [3.8, 4) is 5.75 Å². The van der Waals surface area contributed by atoms with Crippen molar-refractivity contribution in [3.63, 3.8) is 0 Å². The summed E-state index contributed by atoms with van der Waals surface area (Å²) in [5.74, 6) is 1.62. The van der Waals surface area contributed by atoms with Crippen LogP contribution in [0.2, 0.25) is 0 Å². The van der Waals surface area contributed by atoms with Crippen LogP contribution in [-0.4, -0.2) is 27.0 Å². The molecule has 1 N–H and O–H groups in total. The normalized spacial score (nSPS) is 10.9. The maximum atomic E-state index is 12.4. The molecule has 3 heterocycles. The topological polar surface area (TPSA) is 69.0 Å². The predicted octanol–water partition coefficient (Wildman–Crippen LogP) is 4.51. The zero-order chi connectivity index (χ0) is 20.1. The van der Waals surface area contributed by atoms with Gasteiger partial charge in [0, 0.05) is 29.6 Å². The molecule has 4 rings (SSSR count). The number of thiophene rings is 1. The van der Waals surface area contributed by atoms with Gasteiger partial charge in [-0.05, 0) is 54.8 Å². The number of ether oxygens (including phenoxy) is 1. The Labute approximate surface area is 173 Å². The number of aromatic nitrogens is 3. The molecule has 0 radical (unpaired) electrons. The molecule has 7 heteroatoms. The zero-order valence-corrected chi connectivity index (χ0v) is 17.0. The molecule has 0 bridgehead atoms. The highest BCUT2D eigenvalue weighted by atomic mass is 32.1. The van der Waals surface area contributed by atoms with E-state index in [1.165, 1.54) is 4.88 Å². The third kappa shape index (κ3) is 4.63. The molecule has 0 aliphatic heterocycles. The smallest absolute Gasteiger partial charge is 0.224 e. The van der Waals surface area contributed by atoms with Gasteiger partial charge in [0.1, 0.15) is 17.1 Å². The first-order chi connectivity index (χ1) is 14.2. The first-order valence-electron chi connectivity index (χ1n) is 9.58. The lowest BCUT2D eigenvalue weighted by molar-refractivity contribution is -0.116. The Hall–Kier alpha value is -3.19. The van der Waals surface area contributed by atoms with Crippen LogP contribution in [0.5, 0.6) is 5.75 Å². The molecule has 4 aromatic rings. The second-order valence-electron chi connectivity index (χ2n) is 6.55. The van der Waals surface area contributed by atoms with Crippen LogP contribution in [0.4, 0.5) is 5.69 Å². The molecule has 0 atom stereocenters. The number of aryl methyl sites for hydroxylation is 1. The third-order valence-corrected chi connectivity index (χ3v) is 5.36. The number of hydrogen-bond donors (Lipinski definition) is 1. The van der Waals surface area contributed by atoms with Crippen molar-refractivity contribution in [1.82, 2.24) is 14.5 Å². The number of carbonyl (C=O) groups is 1. The van der Waals surface area contributed by atoms with Crippen molar-refractivity contribution in [2.75, 3.05) is 11.9 Å². The van der Waals surface area contributed by atoms with Crippen LogP contribution in [-0.2, 0) is 17.8 Å². The molecule has 29 heavy (non-hydrogen) atoms. The van der Waals surface area contributed by atoms with Crippen LogP contribution in [0.15, 0.2) is 60.1 Å². The monoisotopic (exact) mass is 406 g/mol. The van der Waals surface area contributed by atoms with Crippen LogP contribution in [0.3, 0.4) is 0 Å². The van der Waals surface area contributed by atoms with Crippen molar-refractivity contribution < 1.29 is 9.53 Å². The molecule has 0 aliphatic carbocycles. The van der Waals surface area contributed by atoms with Gasteiger partial charge in [-0.2, -0.15) is 0 Å². The van der Waals surface area contributed by atoms with Gasteiger partial charge in [-0.25, -0.2) is 9.97 Å². The van der Waals surface area contributed by atoms with Gasteiger partial charge in [-0.1, -0.05) is 6.07 Å². The Morgan fingerprint density at radius 1 is 1.17 bits per heavy atom. The second kappa shape index (κ2) is 8.87. The third-order valence-electron chi connectivity index (χ3n) is 4.50. The number of hydrogen-bond acceptors (Lipinski definition) is 5. The van der Waals surface area contributed by atoms with Gasteiger partial charge in [0.2, 0.25) is 5.91 Å². The van der Waals surface area contributed by atoms with E-state index >= 15 is 0 Å². The predicted molar refractivity (Wildman–Crippen MR) is 116 cm³/mol. The van der Waals surface area contributed by atoms with E-state index in [0.29, 0.717) is 26.0 Å². The summed E-state index contributed by atoms with van der Waals surface area (Å²) in [7, 11) is 0. The lowest BCUT2D eigenvalue weighted by Gasteiger charge is -2.09. The van der Waals surface area contributed by atoms with E-state index in [0.717, 1.165) is 28.4 Å². The number of nitrogens with one attached hydrogen (secondary N) is 1. The van der Waals surface area contributed by atoms with E-state index in [9.17, 15) is 4.79 Å². The van der Waals surface area contributed by atoms with Crippen molar-refractivity contribution in [1.29, 1.82) is 0 Å². The summed E-state index contributed by atoms with van der Waals surface area (Å²) in [5, 5.41) is 5.00. The molecule has 1 aromatic carbocycles. The lowest BCUT2D eigenvalue weighted by atomic mass is 10.2. The van der Waals surface area contributed by atoms with E-state index in [-0.39, 0.29) is 5.91 Å². The first kappa shape index (κ1) is 19.1. The molecule has 0 fully saturated rings. The molecule has 0 aliphatic rings. The lowest BCUT2D eigenvalue weighted by Crippen LogP contribution is -2.14. The van der Waals surface area contributed by atoms with E-state index in [1.807, 2.05) is 49.4 Å². The number of rotatable bonds is 8. The number of nitrogens with zero attached hydrogens (tertiary/aromatic N) is 3. The molecule has 0 saturated carbocycles. The molecule has 3 aromatic heterocycles. The molecule has 1 amide bonds. The van der Waals surface area contributed by atoms with Gasteiger partial charge in [-0.15, -0.1) is 11.3 Å². The van der Waals surface area contributed by atoms with Crippen LogP contribution in [0.1, 0.15) is 24.0 Å². The summed E-state index contributed by atoms with van der Waals surface area (Å²) in [6.45, 7) is 3.27. The highest BCUT2D eigenvalue weighted by Gasteiger charge is 2.14. The molecule has 0 unspecified atom stereocenters. The number of pyridine rings is 1. The van der Waals surface area contributed by atoms with Crippen LogP contribution >= 0.6 is 11.3 Å². The zero-order valence-electron chi connectivity index (χ0n) is 16.2. The highest BCUT2D eigenvalue weighted by Crippen LogP contribution is 2.20. The van der Waals surface area contributed by atoms with Crippen LogP contribution in [0.25, 0.3) is 11.2 Å². The minimum Gasteiger partial charge on any atom is -0.494 e. The quantitative estimate of drug-likeness (QED) is 0.467. The van der Waals surface area contributed by atoms with E-state index in [1.54, 1.807) is 17.5 Å². The summed E-state index contributed by atoms with van der Waals surface area (Å²) < 4.78 is 7.53. The minimum atomic E-state index is -0.0446. The molecule has 6 nitrogen and oxygen atoms in total. The van der Waals surface area contributed by atoms with Crippen LogP contribution in [0, 0.1) is 0 Å². The fourth-order valence-electron chi connectivity index (χ4n) is 3.17. The van der Waals surface area contributed by atoms with Crippen molar-refractivity contribution in [2.45, 2.75) is 26.3 Å². The maximum absolute atomic E-state index is 12.4. The summed E-state index contributed by atoms with van der Waals surface area (Å²) in [6.07, 6.45) is 2.67. The van der Waals surface area contributed by atoms with E-state index in [2.05, 4.69) is 26.3 Å². The Kier molecular flexibility index (Phi) is 5.86. The number of carbonyl (C=O) groups excluding carboxylic acids is 1. The van der Waals surface area contributed by atoms with Crippen molar-refractivity contribution in [2.24, 2.45) is 0 Å². The van der Waals surface area contributed by atoms with Gasteiger partial charge in [0.05, 0.1) is 13.2 Å². The van der Waals surface area contributed by atoms with Gasteiger partial charge in [0.15, 0.2) is 5.65 Å². The Bertz CT molecular complexity index is 1090. The van der Waals surface area contributed by atoms with Crippen LogP contribution < -0.4 is 10.1 Å². The highest BCUT2D eigenvalue weighted by molar-refractivity contribution is 7.09. The van der Waals surface area contributed by atoms with E-state index < -0.39 is 0 Å². The number of amides is 1. The Balaban J connectivity index is 1.45. The van der Waals surface area contributed by atoms with Gasteiger partial charge in [0.25, 0.3) is 0 Å². The number of benzene rings is 1. The fourth-order valence-corrected chi connectivity index (χ4v) is 3.86. The average Bonchev–Trinajstić information content (AvgIpc) is 3.37. The SMILES string of the molecule is CCOc1ccc(NC(=O)CCc2nc3cccnc3n2Cc2cccs2)cc1. The summed E-state index contributed by atoms with van der Waals surface area (Å²) in [4.78, 5) is 22.9. The average molecular weight is 407 g/mol. The van der Waals surface area contributed by atoms with Gasteiger partial charge >= 0.3 is 0 Å². The molecular weight excluding hydrogens is 384 g/mol. The Morgan fingerprint density at radius 3 is 2.79 bits per heavy atom.